The minimum atomic E-state index is -0.493. The maximum atomic E-state index is 15.1. The van der Waals surface area contributed by atoms with Gasteiger partial charge in [-0.3, -0.25) is 0 Å². The van der Waals surface area contributed by atoms with E-state index in [4.69, 9.17) is 15.5 Å². The predicted molar refractivity (Wildman–Crippen MR) is 123 cm³/mol. The first-order valence-electron chi connectivity index (χ1n) is 10.5. The van der Waals surface area contributed by atoms with Crippen LogP contribution in [0.1, 0.15) is 0 Å². The number of hydrogen-bond donors (Lipinski definition) is 1. The summed E-state index contributed by atoms with van der Waals surface area (Å²) >= 11 is 0. The monoisotopic (exact) mass is 451 g/mol. The van der Waals surface area contributed by atoms with Crippen molar-refractivity contribution < 1.29 is 13.5 Å². The zero-order valence-corrected chi connectivity index (χ0v) is 18.3. The number of nitrogen functional groups attached to an aromatic ring is 1. The standard InChI is InChI=1S/C23H23F2N7O/c1-30-9-11-31(12-10-30)23-27-20(17-8-7-16(33-2)13-18(17)25)19-21(26)32(29-22(19)28-23)15-5-3-14(24)4-6-15/h3-8,13H,9-12,26H2,1-2H3. The molecule has 0 bridgehead atoms. The first kappa shape index (κ1) is 21.1. The molecule has 2 aromatic heterocycles. The van der Waals surface area contributed by atoms with Gasteiger partial charge in [0.2, 0.25) is 5.95 Å². The normalized spacial score (nSPS) is 14.7. The maximum absolute atomic E-state index is 15.1. The lowest BCUT2D eigenvalue weighted by Crippen LogP contribution is -2.45. The molecule has 2 N–H and O–H groups in total. The number of anilines is 2. The number of halogens is 2. The number of methoxy groups -OCH3 is 1. The maximum Gasteiger partial charge on any atom is 0.228 e. The van der Waals surface area contributed by atoms with Crippen LogP contribution in [0.5, 0.6) is 5.75 Å². The minimum absolute atomic E-state index is 0.242. The molecule has 1 aliphatic rings. The average Bonchev–Trinajstić information content (AvgIpc) is 3.16. The van der Waals surface area contributed by atoms with Crippen molar-refractivity contribution >= 4 is 22.8 Å². The quantitative estimate of drug-likeness (QED) is 0.510. The largest absolute Gasteiger partial charge is 0.497 e. The number of likely N-dealkylation sites (N-methyl/N-ethyl adjacent to an activating group) is 1. The van der Waals surface area contributed by atoms with Gasteiger partial charge in [0, 0.05) is 37.8 Å². The van der Waals surface area contributed by atoms with Crippen LogP contribution in [0.2, 0.25) is 0 Å². The molecule has 0 spiro atoms. The molecule has 170 valence electrons. The fraction of sp³-hybridized carbons (Fsp3) is 0.261. The lowest BCUT2D eigenvalue weighted by atomic mass is 10.1. The van der Waals surface area contributed by atoms with Gasteiger partial charge < -0.3 is 20.3 Å². The number of ether oxygens (including phenoxy) is 1. The van der Waals surface area contributed by atoms with Crippen LogP contribution >= 0.6 is 0 Å². The molecule has 1 aliphatic heterocycles. The lowest BCUT2D eigenvalue weighted by molar-refractivity contribution is 0.311. The predicted octanol–water partition coefficient (Wildman–Crippen LogP) is 3.10. The Hall–Kier alpha value is -3.79. The molecule has 1 fully saturated rings. The van der Waals surface area contributed by atoms with Crippen LogP contribution in [0.25, 0.3) is 28.0 Å². The van der Waals surface area contributed by atoms with E-state index >= 15 is 4.39 Å². The Morgan fingerprint density at radius 2 is 1.70 bits per heavy atom. The van der Waals surface area contributed by atoms with E-state index in [0.717, 1.165) is 26.2 Å². The van der Waals surface area contributed by atoms with Crippen molar-refractivity contribution in [3.8, 4) is 22.7 Å². The van der Waals surface area contributed by atoms with Gasteiger partial charge in [0.05, 0.1) is 23.9 Å². The summed E-state index contributed by atoms with van der Waals surface area (Å²) in [7, 11) is 3.54. The topological polar surface area (TPSA) is 85.3 Å². The lowest BCUT2D eigenvalue weighted by Gasteiger charge is -2.32. The Balaban J connectivity index is 1.72. The minimum Gasteiger partial charge on any atom is -0.497 e. The molecule has 0 unspecified atom stereocenters. The summed E-state index contributed by atoms with van der Waals surface area (Å²) < 4.78 is 35.2. The number of nitrogens with two attached hydrogens (primary N) is 1. The highest BCUT2D eigenvalue weighted by atomic mass is 19.1. The molecule has 5 rings (SSSR count). The van der Waals surface area contributed by atoms with Crippen molar-refractivity contribution in [3.05, 3.63) is 54.1 Å². The van der Waals surface area contributed by atoms with Crippen LogP contribution < -0.4 is 15.4 Å². The molecule has 3 heterocycles. The van der Waals surface area contributed by atoms with Crippen LogP contribution in [0.3, 0.4) is 0 Å². The molecular formula is C23H23F2N7O. The molecule has 0 saturated carbocycles. The van der Waals surface area contributed by atoms with Gasteiger partial charge in [-0.05, 0) is 43.4 Å². The molecule has 0 radical (unpaired) electrons. The third-order valence-corrected chi connectivity index (χ3v) is 5.85. The highest BCUT2D eigenvalue weighted by Gasteiger charge is 2.24. The van der Waals surface area contributed by atoms with Crippen LogP contribution in [-0.4, -0.2) is 65.0 Å². The van der Waals surface area contributed by atoms with Crippen LogP contribution in [0.4, 0.5) is 20.5 Å². The van der Waals surface area contributed by atoms with Gasteiger partial charge >= 0.3 is 0 Å². The second-order valence-corrected chi connectivity index (χ2v) is 7.98. The number of nitrogens with zero attached hydrogens (tertiary/aromatic N) is 6. The smallest absolute Gasteiger partial charge is 0.228 e. The van der Waals surface area contributed by atoms with E-state index in [-0.39, 0.29) is 17.2 Å². The zero-order chi connectivity index (χ0) is 23.1. The van der Waals surface area contributed by atoms with E-state index in [0.29, 0.717) is 34.1 Å². The number of piperazine rings is 1. The SMILES string of the molecule is COc1ccc(-c2nc(N3CCN(C)CC3)nc3nn(-c4ccc(F)cc4)c(N)c23)c(F)c1. The highest BCUT2D eigenvalue weighted by molar-refractivity contribution is 5.99. The van der Waals surface area contributed by atoms with Gasteiger partial charge in [-0.1, -0.05) is 0 Å². The van der Waals surface area contributed by atoms with Crippen LogP contribution in [0, 0.1) is 11.6 Å². The van der Waals surface area contributed by atoms with Crippen LogP contribution in [0.15, 0.2) is 42.5 Å². The second kappa shape index (κ2) is 8.28. The van der Waals surface area contributed by atoms with E-state index in [1.54, 1.807) is 24.3 Å². The van der Waals surface area contributed by atoms with E-state index in [1.165, 1.54) is 30.0 Å². The average molecular weight is 451 g/mol. The number of hydrogen-bond acceptors (Lipinski definition) is 7. The zero-order valence-electron chi connectivity index (χ0n) is 18.3. The summed E-state index contributed by atoms with van der Waals surface area (Å²) in [4.78, 5) is 13.7. The number of rotatable bonds is 4. The van der Waals surface area contributed by atoms with E-state index in [1.807, 2.05) is 0 Å². The summed E-state index contributed by atoms with van der Waals surface area (Å²) in [6.07, 6.45) is 0. The van der Waals surface area contributed by atoms with Crippen molar-refractivity contribution in [3.63, 3.8) is 0 Å². The molecule has 0 aliphatic carbocycles. The molecule has 8 nitrogen and oxygen atoms in total. The molecule has 1 saturated heterocycles. The van der Waals surface area contributed by atoms with Crippen molar-refractivity contribution in [2.75, 3.05) is 51.0 Å². The van der Waals surface area contributed by atoms with E-state index in [2.05, 4.69) is 26.9 Å². The third-order valence-electron chi connectivity index (χ3n) is 5.85. The van der Waals surface area contributed by atoms with Crippen molar-refractivity contribution in [2.45, 2.75) is 0 Å². The second-order valence-electron chi connectivity index (χ2n) is 7.98. The van der Waals surface area contributed by atoms with Gasteiger partial charge in [-0.25, -0.2) is 18.4 Å². The Kier molecular flexibility index (Phi) is 5.29. The number of fused-ring (bicyclic) bond motifs is 1. The number of aromatic nitrogens is 4. The molecule has 10 heteroatoms. The molecule has 0 atom stereocenters. The summed E-state index contributed by atoms with van der Waals surface area (Å²) in [5.74, 6) is 0.243. The summed E-state index contributed by atoms with van der Waals surface area (Å²) in [5, 5.41) is 5.00. The Morgan fingerprint density at radius 1 is 0.970 bits per heavy atom. The number of benzene rings is 2. The summed E-state index contributed by atoms with van der Waals surface area (Å²) in [6, 6.07) is 10.4. The van der Waals surface area contributed by atoms with E-state index in [9.17, 15) is 4.39 Å². The van der Waals surface area contributed by atoms with Gasteiger partial charge in [-0.15, -0.1) is 5.10 Å². The molecule has 4 aromatic rings. The van der Waals surface area contributed by atoms with Crippen molar-refractivity contribution in [1.29, 1.82) is 0 Å². The van der Waals surface area contributed by atoms with E-state index < -0.39 is 5.82 Å². The van der Waals surface area contributed by atoms with Crippen molar-refractivity contribution in [1.82, 2.24) is 24.6 Å². The van der Waals surface area contributed by atoms with Gasteiger partial charge in [0.15, 0.2) is 5.65 Å². The van der Waals surface area contributed by atoms with Crippen molar-refractivity contribution in [2.24, 2.45) is 0 Å². The first-order valence-corrected chi connectivity index (χ1v) is 10.5. The molecule has 0 amide bonds. The van der Waals surface area contributed by atoms with Gasteiger partial charge in [0.25, 0.3) is 0 Å². The molecule has 2 aromatic carbocycles. The first-order chi connectivity index (χ1) is 15.9. The van der Waals surface area contributed by atoms with Gasteiger partial charge in [0.1, 0.15) is 23.2 Å². The Labute approximate surface area is 189 Å². The third kappa shape index (κ3) is 3.82. The summed E-state index contributed by atoms with van der Waals surface area (Å²) in [6.45, 7) is 3.20. The Morgan fingerprint density at radius 3 is 2.36 bits per heavy atom. The molecular weight excluding hydrogens is 428 g/mol. The fourth-order valence-corrected chi connectivity index (χ4v) is 3.94. The van der Waals surface area contributed by atoms with Gasteiger partial charge in [-0.2, -0.15) is 4.98 Å². The van der Waals surface area contributed by atoms with Crippen LogP contribution in [-0.2, 0) is 0 Å². The fourth-order valence-electron chi connectivity index (χ4n) is 3.94. The summed E-state index contributed by atoms with van der Waals surface area (Å²) in [5.41, 5.74) is 7.98. The highest BCUT2D eigenvalue weighted by Crippen LogP contribution is 2.35. The molecule has 33 heavy (non-hydrogen) atoms. The Bertz CT molecular complexity index is 1310.